The summed E-state index contributed by atoms with van der Waals surface area (Å²) in [4.78, 5) is 59.0. The van der Waals surface area contributed by atoms with Crippen LogP contribution >= 0.6 is 11.6 Å². The predicted molar refractivity (Wildman–Crippen MR) is 314 cm³/mol. The van der Waals surface area contributed by atoms with Gasteiger partial charge in [0.25, 0.3) is 0 Å². The van der Waals surface area contributed by atoms with E-state index >= 15 is 0 Å². The highest BCUT2D eigenvalue weighted by Crippen LogP contribution is 2.36. The molecule has 4 fully saturated rings. The molecule has 0 radical (unpaired) electrons. The fourth-order valence-corrected chi connectivity index (χ4v) is 10.6. The van der Waals surface area contributed by atoms with Crippen LogP contribution in [0, 0.1) is 13.8 Å². The SMILES string of the molecule is CC(C)(C)OC(=O)N1CCN(c2ncnc3c(Cl)nccc23)CC1.Cc1ccc2c(cnn2C2CCCCO2)c1N.Cc1ccc2c(cnn2C2CCCCO2)c1Nc1nccc2c(N3CCN(C(=O)OC(C)(C)C)CC3)ncnc12. The summed E-state index contributed by atoms with van der Waals surface area (Å²) in [5, 5.41) is 16.9. The van der Waals surface area contributed by atoms with Gasteiger partial charge in [0.1, 0.15) is 46.5 Å². The molecule has 4 aliphatic heterocycles. The number of fused-ring (bicyclic) bond motifs is 4. The number of carbonyl (C=O) groups excluding carboxylic acids is 2. The van der Waals surface area contributed by atoms with E-state index in [4.69, 9.17) is 41.4 Å². The Morgan fingerprint density at radius 3 is 1.59 bits per heavy atom. The van der Waals surface area contributed by atoms with Crippen molar-refractivity contribution in [3.05, 3.63) is 90.1 Å². The summed E-state index contributed by atoms with van der Waals surface area (Å²) in [7, 11) is 0. The highest BCUT2D eigenvalue weighted by molar-refractivity contribution is 6.34. The zero-order valence-corrected chi connectivity index (χ0v) is 48.3. The van der Waals surface area contributed by atoms with Gasteiger partial charge in [-0.25, -0.2) is 48.9 Å². The Bertz CT molecular complexity index is 3520. The zero-order valence-electron chi connectivity index (χ0n) is 47.6. The van der Waals surface area contributed by atoms with E-state index in [9.17, 15) is 9.59 Å². The molecule has 4 saturated heterocycles. The molecular weight excluding hydrogens is 1050 g/mol. The lowest BCUT2D eigenvalue weighted by molar-refractivity contribution is -0.0367. The number of piperazine rings is 2. The minimum atomic E-state index is -0.515. The molecule has 0 aliphatic carbocycles. The summed E-state index contributed by atoms with van der Waals surface area (Å²) in [6.45, 7) is 21.9. The van der Waals surface area contributed by atoms with E-state index in [1.165, 1.54) is 12.7 Å². The number of aryl methyl sites for hydroxylation is 2. The number of benzene rings is 2. The molecule has 0 spiro atoms. The van der Waals surface area contributed by atoms with Crippen molar-refractivity contribution < 1.29 is 28.5 Å². The molecule has 3 N–H and O–H groups in total. The van der Waals surface area contributed by atoms with Crippen molar-refractivity contribution in [3.63, 3.8) is 0 Å². The predicted octanol–water partition coefficient (Wildman–Crippen LogP) is 10.5. The average molecular weight is 1130 g/mol. The van der Waals surface area contributed by atoms with E-state index in [0.717, 1.165) is 118 Å². The van der Waals surface area contributed by atoms with Gasteiger partial charge < -0.3 is 49.6 Å². The standard InChI is InChI=1S/C29H36N8O3.C16H20ClN5O2.C13H17N3O/c1-19-8-9-22-21(17-33-37(22)23-7-5-6-16-39-23)24(19)34-26-25-20(10-11-30-26)27(32-18-31-25)35-12-14-36(15-13-35)28(38)40-29(2,3)4;1-16(2,3)24-15(23)22-8-6-21(7-9-22)14-11-4-5-18-13(17)12(11)19-10-20-14;1-9-5-6-11-10(13(9)14)8-15-16(11)12-4-2-3-7-17-12/h8-11,17-18,23H,5-7,12-16H2,1-4H3,(H,30,34);4-5,10H,6-9H2,1-3H3;5-6,8,12H,2-4,7,14H2,1H3. The van der Waals surface area contributed by atoms with Gasteiger partial charge in [0.2, 0.25) is 0 Å². The van der Waals surface area contributed by atoms with Gasteiger partial charge in [-0.15, -0.1) is 0 Å². The van der Waals surface area contributed by atoms with Gasteiger partial charge >= 0.3 is 12.2 Å². The first-order chi connectivity index (χ1) is 38.9. The zero-order chi connectivity index (χ0) is 57.0. The van der Waals surface area contributed by atoms with Crippen molar-refractivity contribution in [1.29, 1.82) is 0 Å². The Morgan fingerprint density at radius 1 is 0.593 bits per heavy atom. The van der Waals surface area contributed by atoms with Crippen molar-refractivity contribution in [2.45, 2.75) is 118 Å². The Morgan fingerprint density at radius 2 is 1.07 bits per heavy atom. The second-order valence-electron chi connectivity index (χ2n) is 22.7. The fraction of sp³-hybridized carbons (Fsp3) is 0.483. The number of nitrogens with one attached hydrogen (secondary N) is 1. The lowest BCUT2D eigenvalue weighted by Gasteiger charge is -2.36. The summed E-state index contributed by atoms with van der Waals surface area (Å²) in [5.74, 6) is 2.30. The first-order valence-electron chi connectivity index (χ1n) is 27.9. The Kier molecular flexibility index (Phi) is 16.9. The summed E-state index contributed by atoms with van der Waals surface area (Å²) in [5.41, 5.74) is 12.5. The lowest BCUT2D eigenvalue weighted by Crippen LogP contribution is -2.50. The molecule has 0 bridgehead atoms. The van der Waals surface area contributed by atoms with Gasteiger partial charge in [-0.05, 0) is 129 Å². The van der Waals surface area contributed by atoms with Gasteiger partial charge in [-0.1, -0.05) is 23.7 Å². The monoisotopic (exact) mass is 1120 g/mol. The number of nitrogens with two attached hydrogens (primary N) is 1. The van der Waals surface area contributed by atoms with Crippen LogP contribution in [-0.2, 0) is 18.9 Å². The van der Waals surface area contributed by atoms with E-state index in [0.29, 0.717) is 68.8 Å². The number of pyridine rings is 2. The molecule has 2 amide bonds. The number of nitrogen functional groups attached to an aromatic ring is 1. The molecule has 2 atom stereocenters. The molecule has 23 heteroatoms. The number of nitrogens with zero attached hydrogens (tertiary/aromatic N) is 14. The van der Waals surface area contributed by atoms with E-state index in [-0.39, 0.29) is 24.6 Å². The normalized spacial score (nSPS) is 18.1. The minimum absolute atomic E-state index is 0.0384. The number of hydrogen-bond acceptors (Lipinski definition) is 18. The fourth-order valence-electron chi connectivity index (χ4n) is 10.4. The molecule has 2 unspecified atom stereocenters. The van der Waals surface area contributed by atoms with Gasteiger partial charge in [0.05, 0.1) is 29.1 Å². The average Bonchev–Trinajstić information content (AvgIpc) is 4.22. The molecule has 10 heterocycles. The van der Waals surface area contributed by atoms with Crippen LogP contribution in [0.4, 0.5) is 38.4 Å². The smallest absolute Gasteiger partial charge is 0.410 e. The second kappa shape index (κ2) is 24.2. The van der Waals surface area contributed by atoms with Gasteiger partial charge in [-0.2, -0.15) is 10.2 Å². The maximum absolute atomic E-state index is 12.5. The number of rotatable bonds is 6. The van der Waals surface area contributed by atoms with E-state index in [1.54, 1.807) is 28.5 Å². The van der Waals surface area contributed by atoms with Crippen molar-refractivity contribution in [2.24, 2.45) is 0 Å². The quantitative estimate of drug-likeness (QED) is 0.116. The molecule has 12 rings (SSSR count). The largest absolute Gasteiger partial charge is 0.444 e. The van der Waals surface area contributed by atoms with Gasteiger partial charge in [0, 0.05) is 105 Å². The summed E-state index contributed by atoms with van der Waals surface area (Å²) in [6.07, 6.45) is 16.3. The van der Waals surface area contributed by atoms with Crippen LogP contribution in [0.2, 0.25) is 5.15 Å². The first-order valence-corrected chi connectivity index (χ1v) is 28.3. The molecular formula is C58H73ClN16O6. The van der Waals surface area contributed by atoms with Crippen molar-refractivity contribution in [3.8, 4) is 0 Å². The molecule has 6 aromatic heterocycles. The van der Waals surface area contributed by atoms with Crippen LogP contribution in [-0.4, -0.2) is 148 Å². The van der Waals surface area contributed by atoms with Crippen LogP contribution in [0.15, 0.2) is 73.8 Å². The molecule has 0 saturated carbocycles. The number of aromatic nitrogens is 10. The molecule has 428 valence electrons. The molecule has 4 aliphatic rings. The van der Waals surface area contributed by atoms with Crippen LogP contribution in [0.1, 0.15) is 104 Å². The maximum atomic E-state index is 12.5. The third kappa shape index (κ3) is 12.9. The number of halogens is 1. The van der Waals surface area contributed by atoms with Crippen LogP contribution < -0.4 is 20.9 Å². The number of anilines is 5. The second-order valence-corrected chi connectivity index (χ2v) is 23.1. The minimum Gasteiger partial charge on any atom is -0.444 e. The summed E-state index contributed by atoms with van der Waals surface area (Å²) in [6, 6.07) is 12.1. The Balaban J connectivity index is 0.000000151. The highest BCUT2D eigenvalue weighted by Gasteiger charge is 2.30. The third-order valence-electron chi connectivity index (χ3n) is 14.6. The topological polar surface area (TPSA) is 235 Å². The maximum Gasteiger partial charge on any atom is 0.410 e. The molecule has 2 aromatic carbocycles. The van der Waals surface area contributed by atoms with E-state index < -0.39 is 11.2 Å². The number of ether oxygens (including phenoxy) is 4. The number of carbonyl (C=O) groups is 2. The van der Waals surface area contributed by atoms with E-state index in [1.807, 2.05) is 88.4 Å². The first kappa shape index (κ1) is 56.6. The van der Waals surface area contributed by atoms with Crippen LogP contribution in [0.3, 0.4) is 0 Å². The van der Waals surface area contributed by atoms with Crippen molar-refractivity contribution in [2.75, 3.05) is 86.4 Å². The van der Waals surface area contributed by atoms with Gasteiger partial charge in [-0.3, -0.25) is 0 Å². The Labute approximate surface area is 476 Å². The highest BCUT2D eigenvalue weighted by atomic mass is 35.5. The molecule has 81 heavy (non-hydrogen) atoms. The van der Waals surface area contributed by atoms with Crippen LogP contribution in [0.25, 0.3) is 43.6 Å². The van der Waals surface area contributed by atoms with Crippen LogP contribution in [0.5, 0.6) is 0 Å². The lowest BCUT2D eigenvalue weighted by atomic mass is 10.1. The van der Waals surface area contributed by atoms with Gasteiger partial charge in [0.15, 0.2) is 23.4 Å². The number of amides is 2. The Hall–Kier alpha value is -7.69. The van der Waals surface area contributed by atoms with Crippen molar-refractivity contribution in [1.82, 2.24) is 59.3 Å². The summed E-state index contributed by atoms with van der Waals surface area (Å²) < 4.78 is 26.7. The number of hydrogen-bond donors (Lipinski definition) is 2. The molecule has 22 nitrogen and oxygen atoms in total. The van der Waals surface area contributed by atoms with Crippen molar-refractivity contribution >= 4 is 96.2 Å². The van der Waals surface area contributed by atoms with E-state index in [2.05, 4.69) is 75.2 Å². The molecule has 8 aromatic rings. The third-order valence-corrected chi connectivity index (χ3v) is 14.9. The summed E-state index contributed by atoms with van der Waals surface area (Å²) >= 11 is 6.10.